The van der Waals surface area contributed by atoms with Gasteiger partial charge < -0.3 is 4.74 Å². The molecule has 5 heteroatoms. The minimum Gasteiger partial charge on any atom is -0.462 e. The van der Waals surface area contributed by atoms with Crippen molar-refractivity contribution in [3.8, 4) is 0 Å². The lowest BCUT2D eigenvalue weighted by atomic mass is 10.1. The van der Waals surface area contributed by atoms with Gasteiger partial charge in [0.1, 0.15) is 10.7 Å². The van der Waals surface area contributed by atoms with Gasteiger partial charge in [0.2, 0.25) is 0 Å². The summed E-state index contributed by atoms with van der Waals surface area (Å²) in [4.78, 5) is 15.5. The summed E-state index contributed by atoms with van der Waals surface area (Å²) in [6.07, 6.45) is 0. The number of ether oxygens (including phenoxy) is 1. The van der Waals surface area contributed by atoms with Crippen molar-refractivity contribution in [1.82, 2.24) is 4.98 Å². The summed E-state index contributed by atoms with van der Waals surface area (Å²) in [6, 6.07) is 0. The number of aryl methyl sites for hydroxylation is 1. The first-order valence-corrected chi connectivity index (χ1v) is 5.24. The molecule has 82 valence electrons. The van der Waals surface area contributed by atoms with Crippen molar-refractivity contribution < 1.29 is 9.53 Å². The van der Waals surface area contributed by atoms with Gasteiger partial charge in [0, 0.05) is 0 Å². The van der Waals surface area contributed by atoms with Gasteiger partial charge in [-0.1, -0.05) is 23.2 Å². The van der Waals surface area contributed by atoms with Crippen LogP contribution in [0.1, 0.15) is 28.5 Å². The van der Waals surface area contributed by atoms with Gasteiger partial charge in [-0.3, -0.25) is 0 Å². The van der Waals surface area contributed by atoms with E-state index in [1.54, 1.807) is 20.8 Å². The highest BCUT2D eigenvalue weighted by atomic mass is 35.5. The van der Waals surface area contributed by atoms with Gasteiger partial charge in [-0.15, -0.1) is 0 Å². The monoisotopic (exact) mass is 247 g/mol. The first kappa shape index (κ1) is 12.3. The Hall–Kier alpha value is -0.800. The lowest BCUT2D eigenvalue weighted by Crippen LogP contribution is -2.09. The molecule has 0 radical (unpaired) electrons. The minimum absolute atomic E-state index is 0.132. The SMILES string of the molecule is CCOC(=O)c1c(Cl)nc(C)c(Cl)c1C. The molecule has 0 N–H and O–H groups in total. The van der Waals surface area contributed by atoms with Gasteiger partial charge in [-0.05, 0) is 26.3 Å². The molecule has 3 nitrogen and oxygen atoms in total. The van der Waals surface area contributed by atoms with Crippen molar-refractivity contribution in [2.45, 2.75) is 20.8 Å². The Morgan fingerprint density at radius 1 is 1.40 bits per heavy atom. The van der Waals surface area contributed by atoms with E-state index in [4.69, 9.17) is 27.9 Å². The van der Waals surface area contributed by atoms with Gasteiger partial charge in [-0.2, -0.15) is 0 Å². The van der Waals surface area contributed by atoms with Gasteiger partial charge in [0.15, 0.2) is 0 Å². The second-order valence-corrected chi connectivity index (χ2v) is 3.76. The van der Waals surface area contributed by atoms with E-state index in [0.717, 1.165) is 0 Å². The number of carbonyl (C=O) groups excluding carboxylic acids is 1. The molecule has 0 aromatic carbocycles. The molecule has 0 aliphatic carbocycles. The molecule has 0 saturated heterocycles. The molecule has 0 amide bonds. The third-order valence-electron chi connectivity index (χ3n) is 1.97. The van der Waals surface area contributed by atoms with Crippen molar-refractivity contribution in [3.05, 3.63) is 27.0 Å². The van der Waals surface area contributed by atoms with Gasteiger partial charge >= 0.3 is 5.97 Å². The maximum atomic E-state index is 11.5. The van der Waals surface area contributed by atoms with Crippen molar-refractivity contribution in [2.24, 2.45) is 0 Å². The van der Waals surface area contributed by atoms with Crippen LogP contribution in [0.15, 0.2) is 0 Å². The predicted molar refractivity (Wildman–Crippen MR) is 59.7 cm³/mol. The number of nitrogens with zero attached hydrogens (tertiary/aromatic N) is 1. The van der Waals surface area contributed by atoms with Crippen LogP contribution in [-0.2, 0) is 4.74 Å². The van der Waals surface area contributed by atoms with E-state index >= 15 is 0 Å². The number of pyridine rings is 1. The number of hydrogen-bond acceptors (Lipinski definition) is 3. The van der Waals surface area contributed by atoms with Crippen molar-refractivity contribution in [2.75, 3.05) is 6.61 Å². The molecule has 1 aromatic heterocycles. The fourth-order valence-electron chi connectivity index (χ4n) is 1.23. The van der Waals surface area contributed by atoms with E-state index in [0.29, 0.717) is 22.9 Å². The van der Waals surface area contributed by atoms with E-state index in [9.17, 15) is 4.79 Å². The smallest absolute Gasteiger partial charge is 0.341 e. The Balaban J connectivity index is 3.29. The van der Waals surface area contributed by atoms with E-state index in [-0.39, 0.29) is 10.7 Å². The van der Waals surface area contributed by atoms with Crippen molar-refractivity contribution in [3.63, 3.8) is 0 Å². The maximum Gasteiger partial charge on any atom is 0.341 e. The Morgan fingerprint density at radius 2 is 2.00 bits per heavy atom. The Bertz CT molecular complexity index is 405. The van der Waals surface area contributed by atoms with Crippen LogP contribution >= 0.6 is 23.2 Å². The topological polar surface area (TPSA) is 39.2 Å². The van der Waals surface area contributed by atoms with E-state index in [1.807, 2.05) is 0 Å². The standard InChI is InChI=1S/C10H11Cl2NO2/c1-4-15-10(14)7-5(2)8(11)6(3)13-9(7)12/h4H2,1-3H3. The highest BCUT2D eigenvalue weighted by molar-refractivity contribution is 6.35. The molecule has 1 rings (SSSR count). The first-order valence-electron chi connectivity index (χ1n) is 4.48. The molecule has 0 spiro atoms. The average Bonchev–Trinajstić information content (AvgIpc) is 2.15. The quantitative estimate of drug-likeness (QED) is 0.596. The second-order valence-electron chi connectivity index (χ2n) is 3.02. The van der Waals surface area contributed by atoms with Crippen LogP contribution < -0.4 is 0 Å². The number of hydrogen-bond donors (Lipinski definition) is 0. The molecule has 1 heterocycles. The summed E-state index contributed by atoms with van der Waals surface area (Å²) in [5, 5.41) is 0.579. The molecule has 0 unspecified atom stereocenters. The number of aromatic nitrogens is 1. The Labute approximate surface area is 98.4 Å². The van der Waals surface area contributed by atoms with Crippen LogP contribution in [0.25, 0.3) is 0 Å². The van der Waals surface area contributed by atoms with Crippen molar-refractivity contribution in [1.29, 1.82) is 0 Å². The number of rotatable bonds is 2. The first-order chi connectivity index (χ1) is 6.99. The third kappa shape index (κ3) is 2.41. The zero-order chi connectivity index (χ0) is 11.6. The van der Waals surface area contributed by atoms with E-state index in [1.165, 1.54) is 0 Å². The predicted octanol–water partition coefficient (Wildman–Crippen LogP) is 3.18. The summed E-state index contributed by atoms with van der Waals surface area (Å²) in [5.74, 6) is -0.491. The lowest BCUT2D eigenvalue weighted by molar-refractivity contribution is 0.0525. The summed E-state index contributed by atoms with van der Waals surface area (Å²) in [5.41, 5.74) is 1.45. The highest BCUT2D eigenvalue weighted by Crippen LogP contribution is 2.27. The van der Waals surface area contributed by atoms with Crippen LogP contribution in [0.3, 0.4) is 0 Å². The zero-order valence-electron chi connectivity index (χ0n) is 8.73. The van der Waals surface area contributed by atoms with Gasteiger partial charge in [0.05, 0.1) is 17.3 Å². The van der Waals surface area contributed by atoms with E-state index < -0.39 is 5.97 Å². The lowest BCUT2D eigenvalue weighted by Gasteiger charge is -2.10. The Kier molecular flexibility index (Phi) is 3.94. The molecule has 0 fully saturated rings. The minimum atomic E-state index is -0.491. The van der Waals surface area contributed by atoms with Crippen LogP contribution in [0.4, 0.5) is 0 Å². The number of halogens is 2. The molecule has 0 atom stereocenters. The summed E-state index contributed by atoms with van der Waals surface area (Å²) >= 11 is 11.8. The third-order valence-corrected chi connectivity index (χ3v) is 2.80. The molecule has 15 heavy (non-hydrogen) atoms. The van der Waals surface area contributed by atoms with Crippen LogP contribution in [-0.4, -0.2) is 17.6 Å². The molecule has 0 bridgehead atoms. The fraction of sp³-hybridized carbons (Fsp3) is 0.400. The number of esters is 1. The molecular weight excluding hydrogens is 237 g/mol. The maximum absolute atomic E-state index is 11.5. The van der Waals surface area contributed by atoms with Crippen LogP contribution in [0, 0.1) is 13.8 Å². The molecule has 1 aromatic rings. The second kappa shape index (κ2) is 4.81. The van der Waals surface area contributed by atoms with Gasteiger partial charge in [0.25, 0.3) is 0 Å². The van der Waals surface area contributed by atoms with Crippen LogP contribution in [0.5, 0.6) is 0 Å². The van der Waals surface area contributed by atoms with Gasteiger partial charge in [-0.25, -0.2) is 9.78 Å². The zero-order valence-corrected chi connectivity index (χ0v) is 10.2. The molecule has 0 aliphatic heterocycles. The largest absolute Gasteiger partial charge is 0.462 e. The highest BCUT2D eigenvalue weighted by Gasteiger charge is 2.19. The summed E-state index contributed by atoms with van der Waals surface area (Å²) in [6.45, 7) is 5.47. The molecular formula is C10H11Cl2NO2. The molecule has 0 aliphatic rings. The molecule has 0 saturated carbocycles. The average molecular weight is 248 g/mol. The summed E-state index contributed by atoms with van der Waals surface area (Å²) < 4.78 is 4.86. The summed E-state index contributed by atoms with van der Waals surface area (Å²) in [7, 11) is 0. The van der Waals surface area contributed by atoms with Crippen molar-refractivity contribution >= 4 is 29.2 Å². The van der Waals surface area contributed by atoms with Crippen LogP contribution in [0.2, 0.25) is 10.2 Å². The normalized spacial score (nSPS) is 10.2. The fourth-order valence-corrected chi connectivity index (χ4v) is 1.71. The van der Waals surface area contributed by atoms with E-state index in [2.05, 4.69) is 4.98 Å². The number of carbonyl (C=O) groups is 1. The Morgan fingerprint density at radius 3 is 2.53 bits per heavy atom.